The number of nitrogens with zero attached hydrogens (tertiary/aromatic N) is 3. The van der Waals surface area contributed by atoms with Gasteiger partial charge in [0.1, 0.15) is 6.04 Å². The third-order valence-electron chi connectivity index (χ3n) is 4.08. The van der Waals surface area contributed by atoms with Gasteiger partial charge >= 0.3 is 0 Å². The van der Waals surface area contributed by atoms with Gasteiger partial charge in [-0.2, -0.15) is 0 Å². The highest BCUT2D eigenvalue weighted by atomic mass is 79.9. The molecule has 0 saturated carbocycles. The third kappa shape index (κ3) is 3.61. The number of hydrogen-bond acceptors (Lipinski definition) is 6. The highest BCUT2D eigenvalue weighted by molar-refractivity contribution is 9.10. The zero-order chi connectivity index (χ0) is 17.2. The summed E-state index contributed by atoms with van der Waals surface area (Å²) in [5.41, 5.74) is 1.89. The Morgan fingerprint density at radius 1 is 1.36 bits per heavy atom. The van der Waals surface area contributed by atoms with Crippen molar-refractivity contribution >= 4 is 54.8 Å². The maximum atomic E-state index is 12.7. The first-order valence-corrected chi connectivity index (χ1v) is 10.4. The van der Waals surface area contributed by atoms with Gasteiger partial charge in [-0.3, -0.25) is 4.79 Å². The molecular weight excluding hydrogens is 420 g/mol. The van der Waals surface area contributed by atoms with Crippen LogP contribution in [0.4, 0.5) is 10.3 Å². The number of nitrogens with one attached hydrogen (secondary N) is 1. The van der Waals surface area contributed by atoms with Crippen LogP contribution in [0.5, 0.6) is 0 Å². The van der Waals surface area contributed by atoms with Crippen LogP contribution in [-0.4, -0.2) is 28.5 Å². The second kappa shape index (κ2) is 7.23. The van der Waals surface area contributed by atoms with Crippen LogP contribution in [0.3, 0.4) is 0 Å². The molecule has 1 aliphatic rings. The Hall–Kier alpha value is -1.77. The lowest BCUT2D eigenvalue weighted by molar-refractivity contribution is -0.117. The molecule has 0 spiro atoms. The molecule has 1 atom stereocenters. The van der Waals surface area contributed by atoms with Crippen LogP contribution in [0.2, 0.25) is 0 Å². The lowest BCUT2D eigenvalue weighted by atomic mass is 10.2. The van der Waals surface area contributed by atoms with Crippen molar-refractivity contribution in [1.82, 2.24) is 9.97 Å². The molecular formula is C17H15BrN4OS2. The number of amides is 1. The lowest BCUT2D eigenvalue weighted by Crippen LogP contribution is -2.39. The summed E-state index contributed by atoms with van der Waals surface area (Å²) in [6, 6.07) is 7.80. The van der Waals surface area contributed by atoms with Gasteiger partial charge < -0.3 is 10.2 Å². The smallest absolute Gasteiger partial charge is 0.248 e. The van der Waals surface area contributed by atoms with Gasteiger partial charge in [-0.1, -0.05) is 28.1 Å². The van der Waals surface area contributed by atoms with Crippen LogP contribution in [0.15, 0.2) is 45.7 Å². The summed E-state index contributed by atoms with van der Waals surface area (Å²) < 4.78 is 1.01. The maximum absolute atomic E-state index is 12.7. The van der Waals surface area contributed by atoms with Crippen LogP contribution in [0.25, 0.3) is 11.3 Å². The molecule has 1 unspecified atom stereocenters. The number of benzene rings is 1. The van der Waals surface area contributed by atoms with Gasteiger partial charge in [0.2, 0.25) is 5.91 Å². The summed E-state index contributed by atoms with van der Waals surface area (Å²) in [5, 5.41) is 8.41. The van der Waals surface area contributed by atoms with Crippen molar-refractivity contribution in [2.24, 2.45) is 0 Å². The van der Waals surface area contributed by atoms with Crippen molar-refractivity contribution in [3.63, 3.8) is 0 Å². The predicted molar refractivity (Wildman–Crippen MR) is 106 cm³/mol. The molecule has 128 valence electrons. The molecule has 0 bridgehead atoms. The van der Waals surface area contributed by atoms with Crippen molar-refractivity contribution in [2.75, 3.05) is 16.8 Å². The third-order valence-corrected chi connectivity index (χ3v) is 6.13. The van der Waals surface area contributed by atoms with E-state index in [1.54, 1.807) is 17.5 Å². The number of rotatable bonds is 4. The predicted octanol–water partition coefficient (Wildman–Crippen LogP) is 4.64. The summed E-state index contributed by atoms with van der Waals surface area (Å²) >= 11 is 6.49. The number of aromatic nitrogens is 2. The summed E-state index contributed by atoms with van der Waals surface area (Å²) in [5.74, 6) is -0.0113. The van der Waals surface area contributed by atoms with E-state index >= 15 is 0 Å². The van der Waals surface area contributed by atoms with Crippen molar-refractivity contribution < 1.29 is 4.79 Å². The number of halogens is 1. The standard InChI is InChI=1S/C17H15BrN4OS2/c18-12-4-1-3-11(9-12)13-10-25-16(20-13)21-15(23)14-5-2-7-22(14)17-19-6-8-24-17/h1,3-4,6,8-10,14H,2,5,7H2,(H,20,21,23). The monoisotopic (exact) mass is 434 g/mol. The Morgan fingerprint density at radius 2 is 2.28 bits per heavy atom. The van der Waals surface area contributed by atoms with E-state index in [-0.39, 0.29) is 11.9 Å². The SMILES string of the molecule is O=C(Nc1nc(-c2cccc(Br)c2)cs1)C1CCCN1c1nccs1. The summed E-state index contributed by atoms with van der Waals surface area (Å²) in [7, 11) is 0. The van der Waals surface area contributed by atoms with E-state index in [9.17, 15) is 4.79 Å². The van der Waals surface area contributed by atoms with Crippen molar-refractivity contribution in [3.05, 3.63) is 45.7 Å². The van der Waals surface area contributed by atoms with Crippen LogP contribution in [0.1, 0.15) is 12.8 Å². The van der Waals surface area contributed by atoms with Gasteiger partial charge in [0.15, 0.2) is 10.3 Å². The van der Waals surface area contributed by atoms with Crippen LogP contribution >= 0.6 is 38.6 Å². The lowest BCUT2D eigenvalue weighted by Gasteiger charge is -2.22. The first-order valence-electron chi connectivity index (χ1n) is 7.89. The summed E-state index contributed by atoms with van der Waals surface area (Å²) in [4.78, 5) is 23.7. The Kier molecular flexibility index (Phi) is 4.82. The van der Waals surface area contributed by atoms with E-state index in [0.717, 1.165) is 40.2 Å². The van der Waals surface area contributed by atoms with E-state index in [0.29, 0.717) is 5.13 Å². The molecule has 0 aliphatic carbocycles. The highest BCUT2D eigenvalue weighted by Gasteiger charge is 2.32. The summed E-state index contributed by atoms with van der Waals surface area (Å²) in [6.07, 6.45) is 3.62. The molecule has 25 heavy (non-hydrogen) atoms. The topological polar surface area (TPSA) is 58.1 Å². The normalized spacial score (nSPS) is 17.0. The Bertz CT molecular complexity index is 880. The fraction of sp³-hybridized carbons (Fsp3) is 0.235. The van der Waals surface area contributed by atoms with Crippen LogP contribution in [-0.2, 0) is 4.79 Å². The molecule has 3 heterocycles. The Balaban J connectivity index is 1.48. The van der Waals surface area contributed by atoms with E-state index in [4.69, 9.17) is 0 Å². The molecule has 8 heteroatoms. The van der Waals surface area contributed by atoms with E-state index in [2.05, 4.69) is 36.1 Å². The first-order chi connectivity index (χ1) is 12.2. The van der Waals surface area contributed by atoms with E-state index in [1.165, 1.54) is 11.3 Å². The van der Waals surface area contributed by atoms with Gasteiger partial charge in [0, 0.05) is 33.5 Å². The number of hydrogen-bond donors (Lipinski definition) is 1. The second-order valence-electron chi connectivity index (χ2n) is 5.70. The number of carbonyl (C=O) groups is 1. The van der Waals surface area contributed by atoms with Gasteiger partial charge in [-0.05, 0) is 25.0 Å². The molecule has 1 aromatic carbocycles. The zero-order valence-electron chi connectivity index (χ0n) is 13.2. The average Bonchev–Trinajstić information content (AvgIpc) is 3.35. The van der Waals surface area contributed by atoms with Gasteiger partial charge in [-0.15, -0.1) is 22.7 Å². The zero-order valence-corrected chi connectivity index (χ0v) is 16.4. The number of carbonyl (C=O) groups excluding carboxylic acids is 1. The molecule has 2 aromatic heterocycles. The molecule has 0 radical (unpaired) electrons. The fourth-order valence-electron chi connectivity index (χ4n) is 2.93. The largest absolute Gasteiger partial charge is 0.336 e. The molecule has 4 rings (SSSR count). The molecule has 5 nitrogen and oxygen atoms in total. The van der Waals surface area contributed by atoms with Gasteiger partial charge in [0.05, 0.1) is 5.69 Å². The molecule has 1 fully saturated rings. The first kappa shape index (κ1) is 16.7. The molecule has 3 aromatic rings. The van der Waals surface area contributed by atoms with Crippen molar-refractivity contribution in [1.29, 1.82) is 0 Å². The minimum absolute atomic E-state index is 0.0113. The molecule has 1 amide bonds. The quantitative estimate of drug-likeness (QED) is 0.649. The minimum atomic E-state index is -0.177. The average molecular weight is 435 g/mol. The highest BCUT2D eigenvalue weighted by Crippen LogP contribution is 2.30. The van der Waals surface area contributed by atoms with Gasteiger partial charge in [-0.25, -0.2) is 9.97 Å². The Labute approximate surface area is 161 Å². The second-order valence-corrected chi connectivity index (χ2v) is 8.35. The Morgan fingerprint density at radius 3 is 3.08 bits per heavy atom. The van der Waals surface area contributed by atoms with Crippen molar-refractivity contribution in [2.45, 2.75) is 18.9 Å². The van der Waals surface area contributed by atoms with E-state index < -0.39 is 0 Å². The van der Waals surface area contributed by atoms with Crippen LogP contribution in [0, 0.1) is 0 Å². The summed E-state index contributed by atoms with van der Waals surface area (Å²) in [6.45, 7) is 0.868. The van der Waals surface area contributed by atoms with Crippen molar-refractivity contribution in [3.8, 4) is 11.3 Å². The van der Waals surface area contributed by atoms with E-state index in [1.807, 2.05) is 35.0 Å². The number of thiazole rings is 2. The molecule has 1 N–H and O–H groups in total. The minimum Gasteiger partial charge on any atom is -0.336 e. The number of anilines is 2. The molecule has 1 aliphatic heterocycles. The molecule has 1 saturated heterocycles. The van der Waals surface area contributed by atoms with Crippen LogP contribution < -0.4 is 10.2 Å². The fourth-order valence-corrected chi connectivity index (χ4v) is 4.77. The maximum Gasteiger partial charge on any atom is 0.248 e. The van der Waals surface area contributed by atoms with Gasteiger partial charge in [0.25, 0.3) is 0 Å².